The van der Waals surface area contributed by atoms with Gasteiger partial charge < -0.3 is 4.74 Å². The van der Waals surface area contributed by atoms with Gasteiger partial charge in [-0.25, -0.2) is 0 Å². The van der Waals surface area contributed by atoms with Crippen molar-refractivity contribution in [1.29, 1.82) is 0 Å². The summed E-state index contributed by atoms with van der Waals surface area (Å²) in [5, 5.41) is 0. The van der Waals surface area contributed by atoms with Crippen LogP contribution in [0.4, 0.5) is 4.39 Å². The fraction of sp³-hybridized carbons (Fsp3) is 0.600. The van der Waals surface area contributed by atoms with Crippen LogP contribution in [0.15, 0.2) is 0 Å². The summed E-state index contributed by atoms with van der Waals surface area (Å²) in [6.45, 7) is -0.393. The van der Waals surface area contributed by atoms with Gasteiger partial charge >= 0.3 is 0 Å². The van der Waals surface area contributed by atoms with Gasteiger partial charge in [-0.15, -0.1) is 0 Å². The highest BCUT2D eigenvalue weighted by molar-refractivity contribution is 4.90. The third kappa shape index (κ3) is 5.29. The second-order valence-corrected chi connectivity index (χ2v) is 0.922. The van der Waals surface area contributed by atoms with E-state index in [1.807, 2.05) is 0 Å². The second kappa shape index (κ2) is 5.29. The third-order valence-corrected chi connectivity index (χ3v) is 0.394. The summed E-state index contributed by atoms with van der Waals surface area (Å²) in [6.07, 6.45) is 2.53. The summed E-state index contributed by atoms with van der Waals surface area (Å²) >= 11 is 0. The number of ether oxygens (including phenoxy) is 1. The van der Waals surface area contributed by atoms with Gasteiger partial charge in [-0.3, -0.25) is 4.39 Å². The fourth-order valence-electron chi connectivity index (χ4n) is 0.170. The normalized spacial score (nSPS) is 6.57. The van der Waals surface area contributed by atoms with Gasteiger partial charge in [0.05, 0.1) is 7.11 Å². The Labute approximate surface area is 42.5 Å². The van der Waals surface area contributed by atoms with Gasteiger partial charge in [0.25, 0.3) is 0 Å². The Kier molecular flexibility index (Phi) is 4.75. The summed E-state index contributed by atoms with van der Waals surface area (Å²) < 4.78 is 15.5. The molecule has 0 unspecified atom stereocenters. The lowest BCUT2D eigenvalue weighted by Gasteiger charge is -1.75. The zero-order valence-corrected chi connectivity index (χ0v) is 4.20. The molecule has 0 fully saturated rings. The van der Waals surface area contributed by atoms with E-state index in [2.05, 4.69) is 16.8 Å². The van der Waals surface area contributed by atoms with E-state index in [9.17, 15) is 4.39 Å². The van der Waals surface area contributed by atoms with Gasteiger partial charge in [-0.1, -0.05) is 5.92 Å². The third-order valence-electron chi connectivity index (χ3n) is 0.394. The first-order valence-corrected chi connectivity index (χ1v) is 1.98. The van der Waals surface area contributed by atoms with Gasteiger partial charge in [0.15, 0.2) is 0 Å². The van der Waals surface area contributed by atoms with Crippen LogP contribution >= 0.6 is 0 Å². The lowest BCUT2D eigenvalue weighted by molar-refractivity contribution is 0.371. The minimum Gasteiger partial charge on any atom is -0.450 e. The van der Waals surface area contributed by atoms with E-state index < -0.39 is 6.67 Å². The fourth-order valence-corrected chi connectivity index (χ4v) is 0.170. The van der Waals surface area contributed by atoms with Gasteiger partial charge in [0.2, 0.25) is 0 Å². The topological polar surface area (TPSA) is 9.23 Å². The standard InChI is InChI=1S/C5H7FO/c1-7-5-3-2-4-6/h2,4H2,1H3. The quantitative estimate of drug-likeness (QED) is 0.448. The molecule has 0 amide bonds. The van der Waals surface area contributed by atoms with Crippen LogP contribution in [0.25, 0.3) is 0 Å². The van der Waals surface area contributed by atoms with Crippen molar-refractivity contribution in [2.45, 2.75) is 6.42 Å². The van der Waals surface area contributed by atoms with Crippen molar-refractivity contribution in [3.8, 4) is 12.0 Å². The molecule has 2 heteroatoms. The molecular weight excluding hydrogens is 95.1 g/mol. The van der Waals surface area contributed by atoms with Crippen LogP contribution in [0, 0.1) is 12.0 Å². The maximum atomic E-state index is 11.2. The van der Waals surface area contributed by atoms with Crippen LogP contribution in [0.1, 0.15) is 6.42 Å². The maximum absolute atomic E-state index is 11.2. The molecule has 0 aliphatic heterocycles. The molecule has 0 heterocycles. The molecule has 0 saturated heterocycles. The van der Waals surface area contributed by atoms with Crippen molar-refractivity contribution < 1.29 is 9.13 Å². The Bertz CT molecular complexity index is 79.8. The van der Waals surface area contributed by atoms with Gasteiger partial charge in [-0.05, 0) is 0 Å². The molecule has 0 rings (SSSR count). The van der Waals surface area contributed by atoms with Crippen molar-refractivity contribution in [2.75, 3.05) is 13.8 Å². The lowest BCUT2D eigenvalue weighted by atomic mass is 10.5. The monoisotopic (exact) mass is 102 g/mol. The van der Waals surface area contributed by atoms with Crippen molar-refractivity contribution >= 4 is 0 Å². The van der Waals surface area contributed by atoms with Crippen LogP contribution in [0.5, 0.6) is 0 Å². The first kappa shape index (κ1) is 6.29. The average molecular weight is 102 g/mol. The van der Waals surface area contributed by atoms with E-state index in [-0.39, 0.29) is 6.42 Å². The predicted octanol–water partition coefficient (Wildman–Crippen LogP) is 0.953. The number of alkyl halides is 1. The highest BCUT2D eigenvalue weighted by Crippen LogP contribution is 1.73. The highest BCUT2D eigenvalue weighted by atomic mass is 19.1. The number of hydrogen-bond acceptors (Lipinski definition) is 1. The molecule has 0 radical (unpaired) electrons. The molecule has 40 valence electrons. The summed E-state index contributed by atoms with van der Waals surface area (Å²) in [5.74, 6) is 2.44. The number of hydrogen-bond donors (Lipinski definition) is 0. The first-order chi connectivity index (χ1) is 3.41. The van der Waals surface area contributed by atoms with Crippen molar-refractivity contribution in [3.63, 3.8) is 0 Å². The van der Waals surface area contributed by atoms with E-state index in [0.717, 1.165) is 0 Å². The minimum absolute atomic E-state index is 0.272. The molecule has 0 N–H and O–H groups in total. The van der Waals surface area contributed by atoms with Gasteiger partial charge in [0, 0.05) is 6.42 Å². The Morgan fingerprint density at radius 2 is 2.43 bits per heavy atom. The number of methoxy groups -OCH3 is 1. The number of halogens is 1. The maximum Gasteiger partial charge on any atom is 0.109 e. The van der Waals surface area contributed by atoms with E-state index in [4.69, 9.17) is 0 Å². The van der Waals surface area contributed by atoms with Crippen LogP contribution in [0.3, 0.4) is 0 Å². The zero-order chi connectivity index (χ0) is 5.54. The number of rotatable bonds is 1. The molecule has 0 spiro atoms. The largest absolute Gasteiger partial charge is 0.450 e. The second-order valence-electron chi connectivity index (χ2n) is 0.922. The van der Waals surface area contributed by atoms with E-state index in [1.54, 1.807) is 0 Å². The Balaban J connectivity index is 2.91. The molecule has 0 saturated carbocycles. The minimum atomic E-state index is -0.393. The molecule has 0 aromatic carbocycles. The first-order valence-electron chi connectivity index (χ1n) is 1.98. The van der Waals surface area contributed by atoms with Crippen molar-refractivity contribution in [3.05, 3.63) is 0 Å². The van der Waals surface area contributed by atoms with Crippen molar-refractivity contribution in [2.24, 2.45) is 0 Å². The molecule has 0 aromatic heterocycles. The smallest absolute Gasteiger partial charge is 0.109 e. The van der Waals surface area contributed by atoms with Crippen LogP contribution in [-0.4, -0.2) is 13.8 Å². The summed E-state index contributed by atoms with van der Waals surface area (Å²) in [6, 6.07) is 0. The molecule has 0 aromatic rings. The SMILES string of the molecule is COC#CCCF. The summed E-state index contributed by atoms with van der Waals surface area (Å²) in [4.78, 5) is 0. The predicted molar refractivity (Wildman–Crippen MR) is 25.4 cm³/mol. The summed E-state index contributed by atoms with van der Waals surface area (Å²) in [7, 11) is 1.45. The average Bonchev–Trinajstić information content (AvgIpc) is 1.69. The highest BCUT2D eigenvalue weighted by Gasteiger charge is 1.69. The van der Waals surface area contributed by atoms with Crippen molar-refractivity contribution in [1.82, 2.24) is 0 Å². The molecule has 7 heavy (non-hydrogen) atoms. The molecule has 0 aliphatic rings. The molecular formula is C5H7FO. The zero-order valence-electron chi connectivity index (χ0n) is 4.20. The van der Waals surface area contributed by atoms with E-state index in [0.29, 0.717) is 0 Å². The van der Waals surface area contributed by atoms with Gasteiger partial charge in [0.1, 0.15) is 12.8 Å². The van der Waals surface area contributed by atoms with Crippen LogP contribution < -0.4 is 0 Å². The summed E-state index contributed by atoms with van der Waals surface area (Å²) in [5.41, 5.74) is 0. The van der Waals surface area contributed by atoms with Crippen LogP contribution in [-0.2, 0) is 4.74 Å². The van der Waals surface area contributed by atoms with Crippen LogP contribution in [0.2, 0.25) is 0 Å². The van der Waals surface area contributed by atoms with E-state index >= 15 is 0 Å². The Morgan fingerprint density at radius 1 is 1.71 bits per heavy atom. The Hall–Kier alpha value is -0.710. The van der Waals surface area contributed by atoms with Gasteiger partial charge in [-0.2, -0.15) is 0 Å². The molecule has 0 atom stereocenters. The molecule has 1 nitrogen and oxygen atoms in total. The molecule has 0 bridgehead atoms. The Morgan fingerprint density at radius 3 is 2.86 bits per heavy atom. The molecule has 0 aliphatic carbocycles. The van der Waals surface area contributed by atoms with E-state index in [1.165, 1.54) is 7.11 Å². The lowest BCUT2D eigenvalue weighted by Crippen LogP contribution is -1.69.